The average Bonchev–Trinajstić information content (AvgIpc) is 2.39. The third kappa shape index (κ3) is 3.60. The van der Waals surface area contributed by atoms with Crippen LogP contribution < -0.4 is 10.6 Å². The summed E-state index contributed by atoms with van der Waals surface area (Å²) in [6, 6.07) is 5.00. The third-order valence-corrected chi connectivity index (χ3v) is 4.04. The fourth-order valence-corrected chi connectivity index (χ4v) is 2.86. The number of halogens is 1. The molecule has 2 N–H and O–H groups in total. The van der Waals surface area contributed by atoms with Gasteiger partial charge in [0.2, 0.25) is 0 Å². The number of nitrogens with two attached hydrogens (primary N) is 1. The number of hydrogen-bond acceptors (Lipinski definition) is 3. The van der Waals surface area contributed by atoms with Crippen LogP contribution in [0.25, 0.3) is 0 Å². The number of anilines is 2. The molecule has 0 radical (unpaired) electrons. The molecule has 0 spiro atoms. The Balaban J connectivity index is 1.90. The summed E-state index contributed by atoms with van der Waals surface area (Å²) in [6.07, 6.45) is 3.72. The number of rotatable bonds is 4. The van der Waals surface area contributed by atoms with Crippen LogP contribution in [0.15, 0.2) is 18.2 Å². The lowest BCUT2D eigenvalue weighted by Gasteiger charge is -2.31. The minimum absolute atomic E-state index is 0.255. The van der Waals surface area contributed by atoms with E-state index < -0.39 is 0 Å². The molecule has 1 heterocycles. The van der Waals surface area contributed by atoms with Crippen molar-refractivity contribution < 1.29 is 4.39 Å². The molecule has 2 rings (SSSR count). The van der Waals surface area contributed by atoms with Crippen molar-refractivity contribution in [3.05, 3.63) is 24.0 Å². The van der Waals surface area contributed by atoms with Crippen molar-refractivity contribution in [3.63, 3.8) is 0 Å². The van der Waals surface area contributed by atoms with E-state index in [4.69, 9.17) is 5.73 Å². The maximum absolute atomic E-state index is 13.4. The highest BCUT2D eigenvalue weighted by atomic mass is 19.1. The van der Waals surface area contributed by atoms with Crippen molar-refractivity contribution in [2.75, 3.05) is 44.4 Å². The van der Waals surface area contributed by atoms with Crippen LogP contribution in [0.5, 0.6) is 0 Å². The predicted octanol–water partition coefficient (Wildman–Crippen LogP) is 2.58. The highest BCUT2D eigenvalue weighted by Crippen LogP contribution is 2.26. The van der Waals surface area contributed by atoms with Gasteiger partial charge in [-0.3, -0.25) is 0 Å². The maximum atomic E-state index is 13.4. The Hall–Kier alpha value is -1.29. The van der Waals surface area contributed by atoms with Gasteiger partial charge in [-0.1, -0.05) is 6.07 Å². The van der Waals surface area contributed by atoms with Crippen LogP contribution in [0.2, 0.25) is 0 Å². The molecule has 1 aliphatic rings. The second-order valence-electron chi connectivity index (χ2n) is 5.65. The molecule has 4 heteroatoms. The van der Waals surface area contributed by atoms with E-state index in [1.165, 1.54) is 32.0 Å². The van der Waals surface area contributed by atoms with Gasteiger partial charge in [0.05, 0.1) is 11.4 Å². The lowest BCUT2D eigenvalue weighted by atomic mass is 9.95. The molecule has 3 nitrogen and oxygen atoms in total. The fraction of sp³-hybridized carbons (Fsp3) is 0.600. The molecule has 1 saturated heterocycles. The summed E-state index contributed by atoms with van der Waals surface area (Å²) in [5.74, 6) is 0.415. The van der Waals surface area contributed by atoms with E-state index in [1.54, 1.807) is 6.07 Å². The zero-order valence-corrected chi connectivity index (χ0v) is 11.9. The lowest BCUT2D eigenvalue weighted by molar-refractivity contribution is 0.203. The summed E-state index contributed by atoms with van der Waals surface area (Å²) in [5.41, 5.74) is 6.84. The Bertz CT molecular complexity index is 422. The minimum atomic E-state index is -0.332. The van der Waals surface area contributed by atoms with Gasteiger partial charge < -0.3 is 15.5 Å². The highest BCUT2D eigenvalue weighted by Gasteiger charge is 2.18. The molecular formula is C15H24FN3. The van der Waals surface area contributed by atoms with Crippen LogP contribution in [0.4, 0.5) is 15.8 Å². The maximum Gasteiger partial charge on any atom is 0.148 e. The number of piperidine rings is 1. The zero-order chi connectivity index (χ0) is 13.8. The predicted molar refractivity (Wildman–Crippen MR) is 78.9 cm³/mol. The largest absolute Gasteiger partial charge is 0.395 e. The highest BCUT2D eigenvalue weighted by molar-refractivity contribution is 5.67. The van der Waals surface area contributed by atoms with Crippen LogP contribution in [0.1, 0.15) is 19.3 Å². The van der Waals surface area contributed by atoms with Crippen molar-refractivity contribution in [3.8, 4) is 0 Å². The number of nitrogen functional groups attached to an aromatic ring is 1. The van der Waals surface area contributed by atoms with Crippen molar-refractivity contribution in [2.45, 2.75) is 19.3 Å². The van der Waals surface area contributed by atoms with E-state index in [9.17, 15) is 4.39 Å². The zero-order valence-electron chi connectivity index (χ0n) is 11.9. The number of benzene rings is 1. The van der Waals surface area contributed by atoms with Gasteiger partial charge in [0.25, 0.3) is 0 Å². The Morgan fingerprint density at radius 1 is 1.47 bits per heavy atom. The monoisotopic (exact) mass is 265 g/mol. The summed E-state index contributed by atoms with van der Waals surface area (Å²) in [6.45, 7) is 3.31. The lowest BCUT2D eigenvalue weighted by Crippen LogP contribution is -2.34. The minimum Gasteiger partial charge on any atom is -0.395 e. The number of nitrogens with zero attached hydrogens (tertiary/aromatic N) is 2. The Kier molecular flexibility index (Phi) is 4.64. The molecule has 0 amide bonds. The molecule has 0 aromatic heterocycles. The van der Waals surface area contributed by atoms with E-state index in [0.717, 1.165) is 24.6 Å². The van der Waals surface area contributed by atoms with Crippen LogP contribution in [-0.4, -0.2) is 38.6 Å². The quantitative estimate of drug-likeness (QED) is 0.849. The van der Waals surface area contributed by atoms with E-state index in [-0.39, 0.29) is 11.5 Å². The Morgan fingerprint density at radius 3 is 3.00 bits per heavy atom. The first kappa shape index (κ1) is 14.1. The van der Waals surface area contributed by atoms with Crippen molar-refractivity contribution in [1.29, 1.82) is 0 Å². The van der Waals surface area contributed by atoms with Gasteiger partial charge in [-0.05, 0) is 50.9 Å². The normalized spacial score (nSPS) is 20.5. The summed E-state index contributed by atoms with van der Waals surface area (Å²) < 4.78 is 13.4. The number of likely N-dealkylation sites (tertiary alicyclic amines) is 1. The molecule has 1 aromatic carbocycles. The molecule has 1 unspecified atom stereocenters. The average molecular weight is 265 g/mol. The number of hydrogen-bond donors (Lipinski definition) is 1. The van der Waals surface area contributed by atoms with Gasteiger partial charge in [0.15, 0.2) is 0 Å². The molecule has 19 heavy (non-hydrogen) atoms. The molecular weight excluding hydrogens is 241 g/mol. The van der Waals surface area contributed by atoms with Crippen LogP contribution in [-0.2, 0) is 0 Å². The van der Waals surface area contributed by atoms with Crippen molar-refractivity contribution in [2.24, 2.45) is 5.92 Å². The molecule has 1 atom stereocenters. The first-order valence-corrected chi connectivity index (χ1v) is 7.01. The molecule has 0 aliphatic carbocycles. The summed E-state index contributed by atoms with van der Waals surface area (Å²) in [7, 11) is 4.16. The Morgan fingerprint density at radius 2 is 2.26 bits per heavy atom. The topological polar surface area (TPSA) is 32.5 Å². The Labute approximate surface area is 115 Å². The first-order valence-electron chi connectivity index (χ1n) is 7.01. The van der Waals surface area contributed by atoms with Gasteiger partial charge in [-0.25, -0.2) is 4.39 Å². The van der Waals surface area contributed by atoms with Gasteiger partial charge >= 0.3 is 0 Å². The van der Waals surface area contributed by atoms with Gasteiger partial charge in [-0.15, -0.1) is 0 Å². The van der Waals surface area contributed by atoms with Crippen LogP contribution in [0.3, 0.4) is 0 Å². The molecule has 0 saturated carbocycles. The van der Waals surface area contributed by atoms with E-state index >= 15 is 0 Å². The van der Waals surface area contributed by atoms with Gasteiger partial charge in [0.1, 0.15) is 5.82 Å². The van der Waals surface area contributed by atoms with Crippen molar-refractivity contribution in [1.82, 2.24) is 4.90 Å². The second-order valence-corrected chi connectivity index (χ2v) is 5.65. The van der Waals surface area contributed by atoms with E-state index in [0.29, 0.717) is 0 Å². The molecule has 1 aliphatic heterocycles. The summed E-state index contributed by atoms with van der Waals surface area (Å²) >= 11 is 0. The number of para-hydroxylation sites is 1. The SMILES string of the molecule is CN1CCCC(CCN(C)c2cccc(F)c2N)C1. The summed E-state index contributed by atoms with van der Waals surface area (Å²) in [5, 5.41) is 0. The fourth-order valence-electron chi connectivity index (χ4n) is 2.86. The third-order valence-electron chi connectivity index (χ3n) is 4.04. The van der Waals surface area contributed by atoms with Crippen LogP contribution >= 0.6 is 0 Å². The smallest absolute Gasteiger partial charge is 0.148 e. The van der Waals surface area contributed by atoms with E-state index in [1.807, 2.05) is 13.1 Å². The van der Waals surface area contributed by atoms with Gasteiger partial charge in [-0.2, -0.15) is 0 Å². The summed E-state index contributed by atoms with van der Waals surface area (Å²) in [4.78, 5) is 4.46. The van der Waals surface area contributed by atoms with Crippen LogP contribution in [0, 0.1) is 11.7 Å². The standard InChI is InChI=1S/C15H24FN3/c1-18-9-4-5-12(11-18)8-10-19(2)14-7-3-6-13(16)15(14)17/h3,6-7,12H,4-5,8-11,17H2,1-2H3. The van der Waals surface area contributed by atoms with Crippen molar-refractivity contribution >= 4 is 11.4 Å². The van der Waals surface area contributed by atoms with E-state index in [2.05, 4.69) is 16.8 Å². The molecule has 106 valence electrons. The molecule has 1 fully saturated rings. The molecule has 1 aromatic rings. The second kappa shape index (κ2) is 6.24. The molecule has 0 bridgehead atoms. The van der Waals surface area contributed by atoms with Gasteiger partial charge in [0, 0.05) is 20.1 Å². The first-order chi connectivity index (χ1) is 9.08.